The monoisotopic (exact) mass is 259 g/mol. The quantitative estimate of drug-likeness (QED) is 0.770. The number of carbonyl (C=O) groups is 1. The molecule has 0 amide bonds. The van der Waals surface area contributed by atoms with Gasteiger partial charge in [-0.25, -0.2) is 0 Å². The van der Waals surface area contributed by atoms with E-state index in [1.807, 2.05) is 0 Å². The molecule has 0 heterocycles. The molecule has 5 heteroatoms. The van der Waals surface area contributed by atoms with Crippen LogP contribution in [0.25, 0.3) is 0 Å². The lowest BCUT2D eigenvalue weighted by Gasteiger charge is -2.22. The lowest BCUT2D eigenvalue weighted by molar-refractivity contribution is -0.144. The van der Waals surface area contributed by atoms with Crippen LogP contribution in [0.3, 0.4) is 0 Å². The van der Waals surface area contributed by atoms with Crippen LogP contribution in [0.4, 0.5) is 0 Å². The standard InChI is InChI=1S/C4H7Br2NO2/c1-4(2,3(8)9)7(5)6/h1-2H3,(H,8,9). The van der Waals surface area contributed by atoms with Gasteiger partial charge in [0.25, 0.3) is 0 Å². The fourth-order valence-corrected chi connectivity index (χ4v) is 0.376. The first kappa shape index (κ1) is 9.39. The number of aliphatic carboxylic acids is 1. The summed E-state index contributed by atoms with van der Waals surface area (Å²) in [7, 11) is 0. The lowest BCUT2D eigenvalue weighted by Crippen LogP contribution is -2.39. The van der Waals surface area contributed by atoms with Gasteiger partial charge in [0.05, 0.1) is 0 Å². The van der Waals surface area contributed by atoms with Crippen LogP contribution >= 0.6 is 32.3 Å². The molecule has 0 unspecified atom stereocenters. The first-order chi connectivity index (χ1) is 3.89. The fraction of sp³-hybridized carbons (Fsp3) is 0.750. The van der Waals surface area contributed by atoms with Gasteiger partial charge in [-0.3, -0.25) is 4.79 Å². The van der Waals surface area contributed by atoms with E-state index in [1.54, 1.807) is 13.8 Å². The molecule has 0 aromatic heterocycles. The number of halogens is 2. The fourth-order valence-electron chi connectivity index (χ4n) is 0.0723. The predicted molar refractivity (Wildman–Crippen MR) is 41.4 cm³/mol. The third kappa shape index (κ3) is 2.23. The van der Waals surface area contributed by atoms with Crippen LogP contribution in [0.15, 0.2) is 0 Å². The molecule has 0 aliphatic heterocycles. The number of rotatable bonds is 2. The molecule has 9 heavy (non-hydrogen) atoms. The number of hydrogen-bond acceptors (Lipinski definition) is 2. The minimum Gasteiger partial charge on any atom is -0.480 e. The van der Waals surface area contributed by atoms with Crippen LogP contribution in [0, 0.1) is 0 Å². The second-order valence-corrected chi connectivity index (χ2v) is 4.47. The zero-order valence-corrected chi connectivity index (χ0v) is 8.23. The number of hydrogen-bond donors (Lipinski definition) is 1. The van der Waals surface area contributed by atoms with Crippen LogP contribution in [0.2, 0.25) is 0 Å². The zero-order chi connectivity index (χ0) is 7.65. The Morgan fingerprint density at radius 2 is 1.89 bits per heavy atom. The SMILES string of the molecule is CC(C)(C(=O)O)N(Br)Br. The van der Waals surface area contributed by atoms with E-state index < -0.39 is 11.5 Å². The van der Waals surface area contributed by atoms with Crippen LogP contribution in [-0.2, 0) is 4.79 Å². The van der Waals surface area contributed by atoms with Gasteiger partial charge in [0.15, 0.2) is 0 Å². The number of nitrogens with zero attached hydrogens (tertiary/aromatic N) is 1. The normalized spacial score (nSPS) is 12.1. The summed E-state index contributed by atoms with van der Waals surface area (Å²) in [6.45, 7) is 3.14. The molecule has 0 spiro atoms. The molecule has 0 radical (unpaired) electrons. The molecule has 0 aromatic rings. The van der Waals surface area contributed by atoms with Crippen molar-refractivity contribution in [2.45, 2.75) is 19.4 Å². The highest BCUT2D eigenvalue weighted by Gasteiger charge is 2.31. The van der Waals surface area contributed by atoms with Gasteiger partial charge in [0.1, 0.15) is 5.54 Å². The Morgan fingerprint density at radius 1 is 1.56 bits per heavy atom. The van der Waals surface area contributed by atoms with Crippen molar-refractivity contribution in [1.29, 1.82) is 0 Å². The van der Waals surface area contributed by atoms with Gasteiger partial charge in [0, 0.05) is 32.3 Å². The molecule has 0 saturated carbocycles. The van der Waals surface area contributed by atoms with Gasteiger partial charge >= 0.3 is 5.97 Å². The third-order valence-electron chi connectivity index (χ3n) is 0.946. The second kappa shape index (κ2) is 2.98. The molecule has 0 bridgehead atoms. The number of carboxylic acids is 1. The van der Waals surface area contributed by atoms with E-state index in [4.69, 9.17) is 5.11 Å². The molecular formula is C4H7Br2NO2. The van der Waals surface area contributed by atoms with Crippen molar-refractivity contribution in [2.75, 3.05) is 0 Å². The summed E-state index contributed by atoms with van der Waals surface area (Å²) in [6.07, 6.45) is 0. The number of carboxylic acid groups (broad SMARTS) is 1. The molecule has 0 aromatic carbocycles. The van der Waals surface area contributed by atoms with Crippen molar-refractivity contribution in [2.24, 2.45) is 0 Å². The van der Waals surface area contributed by atoms with Crippen molar-refractivity contribution < 1.29 is 9.90 Å². The van der Waals surface area contributed by atoms with Crippen molar-refractivity contribution in [3.05, 3.63) is 0 Å². The highest BCUT2D eigenvalue weighted by atomic mass is 79.9. The summed E-state index contributed by atoms with van der Waals surface area (Å²) in [5.74, 6) is -0.892. The molecule has 3 nitrogen and oxygen atoms in total. The van der Waals surface area contributed by atoms with Crippen molar-refractivity contribution >= 4 is 38.3 Å². The maximum atomic E-state index is 10.4. The third-order valence-corrected chi connectivity index (χ3v) is 2.72. The Hall–Kier alpha value is 0.390. The predicted octanol–water partition coefficient (Wildman–Crippen LogP) is 1.77. The van der Waals surface area contributed by atoms with E-state index >= 15 is 0 Å². The van der Waals surface area contributed by atoms with E-state index in [1.165, 1.54) is 2.95 Å². The van der Waals surface area contributed by atoms with Crippen LogP contribution in [0.1, 0.15) is 13.8 Å². The van der Waals surface area contributed by atoms with Gasteiger partial charge < -0.3 is 5.11 Å². The average molecular weight is 261 g/mol. The molecule has 54 valence electrons. The van der Waals surface area contributed by atoms with Gasteiger partial charge in [0.2, 0.25) is 0 Å². The second-order valence-electron chi connectivity index (χ2n) is 2.10. The maximum absolute atomic E-state index is 10.4. The Labute approximate surface area is 70.7 Å². The molecule has 0 saturated heterocycles. The van der Waals surface area contributed by atoms with E-state index in [2.05, 4.69) is 32.3 Å². The molecule has 1 N–H and O–H groups in total. The van der Waals surface area contributed by atoms with Gasteiger partial charge in [-0.1, -0.05) is 0 Å². The minimum absolute atomic E-state index is 0.892. The van der Waals surface area contributed by atoms with Crippen LogP contribution in [0.5, 0.6) is 0 Å². The van der Waals surface area contributed by atoms with Crippen molar-refractivity contribution in [3.63, 3.8) is 0 Å². The smallest absolute Gasteiger partial charge is 0.325 e. The van der Waals surface area contributed by atoms with Gasteiger partial charge in [-0.15, -0.1) is 0 Å². The molecule has 0 fully saturated rings. The van der Waals surface area contributed by atoms with Gasteiger partial charge in [-0.05, 0) is 13.8 Å². The lowest BCUT2D eigenvalue weighted by atomic mass is 10.1. The molecule has 0 aliphatic rings. The van der Waals surface area contributed by atoms with Crippen molar-refractivity contribution in [1.82, 2.24) is 2.95 Å². The highest BCUT2D eigenvalue weighted by Crippen LogP contribution is 2.22. The van der Waals surface area contributed by atoms with E-state index in [-0.39, 0.29) is 0 Å². The van der Waals surface area contributed by atoms with E-state index in [0.29, 0.717) is 0 Å². The minimum atomic E-state index is -0.917. The van der Waals surface area contributed by atoms with E-state index in [0.717, 1.165) is 0 Å². The summed E-state index contributed by atoms with van der Waals surface area (Å²) in [5.41, 5.74) is -0.917. The highest BCUT2D eigenvalue weighted by molar-refractivity contribution is 9.21. The summed E-state index contributed by atoms with van der Waals surface area (Å²) in [5, 5.41) is 8.51. The summed E-state index contributed by atoms with van der Waals surface area (Å²) >= 11 is 5.93. The summed E-state index contributed by atoms with van der Waals surface area (Å²) in [4.78, 5) is 10.4. The molecular weight excluding hydrogens is 254 g/mol. The Bertz CT molecular complexity index is 124. The Morgan fingerprint density at radius 3 is 1.89 bits per heavy atom. The summed E-state index contributed by atoms with van der Waals surface area (Å²) in [6, 6.07) is 0. The van der Waals surface area contributed by atoms with Crippen LogP contribution < -0.4 is 0 Å². The van der Waals surface area contributed by atoms with Crippen molar-refractivity contribution in [3.8, 4) is 0 Å². The Balaban J connectivity index is 4.19. The van der Waals surface area contributed by atoms with Crippen LogP contribution in [-0.4, -0.2) is 19.6 Å². The largest absolute Gasteiger partial charge is 0.480 e. The zero-order valence-electron chi connectivity index (χ0n) is 5.06. The van der Waals surface area contributed by atoms with Gasteiger partial charge in [-0.2, -0.15) is 2.95 Å². The molecule has 0 rings (SSSR count). The first-order valence-electron chi connectivity index (χ1n) is 2.24. The Kier molecular flexibility index (Phi) is 3.11. The molecule has 0 atom stereocenters. The first-order valence-corrected chi connectivity index (χ1v) is 3.66. The molecule has 0 aliphatic carbocycles. The maximum Gasteiger partial charge on any atom is 0.325 e. The topological polar surface area (TPSA) is 40.5 Å². The van der Waals surface area contributed by atoms with E-state index in [9.17, 15) is 4.79 Å². The average Bonchev–Trinajstić information content (AvgIpc) is 1.65. The summed E-state index contributed by atoms with van der Waals surface area (Å²) < 4.78 is 1.29.